The van der Waals surface area contributed by atoms with Crippen LogP contribution >= 0.6 is 11.6 Å². The number of halogens is 1. The minimum atomic E-state index is -0.796. The third kappa shape index (κ3) is 6.67. The molecule has 1 unspecified atom stereocenters. The Balaban J connectivity index is 1.94. The summed E-state index contributed by atoms with van der Waals surface area (Å²) >= 11 is 5.98. The molecule has 2 N–H and O–H groups in total. The lowest BCUT2D eigenvalue weighted by Crippen LogP contribution is -2.44. The van der Waals surface area contributed by atoms with Crippen LogP contribution in [0.15, 0.2) is 84.9 Å². The summed E-state index contributed by atoms with van der Waals surface area (Å²) in [7, 11) is 0. The number of benzene rings is 3. The third-order valence-electron chi connectivity index (χ3n) is 5.09. The van der Waals surface area contributed by atoms with Crippen molar-refractivity contribution in [2.45, 2.75) is 25.4 Å². The maximum atomic E-state index is 13.5. The summed E-state index contributed by atoms with van der Waals surface area (Å²) in [6, 6.07) is 25.3. The van der Waals surface area contributed by atoms with E-state index in [1.807, 2.05) is 72.8 Å². The van der Waals surface area contributed by atoms with Gasteiger partial charge in [-0.05, 0) is 35.2 Å². The molecule has 0 spiro atoms. The van der Waals surface area contributed by atoms with Gasteiger partial charge in [-0.3, -0.25) is 9.59 Å². The number of aliphatic hydroxyl groups is 1. The van der Waals surface area contributed by atoms with Crippen molar-refractivity contribution in [2.75, 3.05) is 13.2 Å². The Labute approximate surface area is 193 Å². The number of nitrogens with one attached hydrogen (secondary N) is 1. The maximum absolute atomic E-state index is 13.5. The van der Waals surface area contributed by atoms with Crippen LogP contribution in [-0.2, 0) is 22.6 Å². The van der Waals surface area contributed by atoms with E-state index in [2.05, 4.69) is 5.32 Å². The van der Waals surface area contributed by atoms with E-state index in [9.17, 15) is 9.59 Å². The predicted octanol–water partition coefficient (Wildman–Crippen LogP) is 4.15. The average molecular weight is 451 g/mol. The second-order valence-corrected chi connectivity index (χ2v) is 7.93. The van der Waals surface area contributed by atoms with E-state index in [4.69, 9.17) is 16.7 Å². The molecule has 0 heterocycles. The van der Waals surface area contributed by atoms with Crippen LogP contribution in [-0.4, -0.2) is 35.0 Å². The number of aliphatic hydroxyl groups excluding tert-OH is 1. The SMILES string of the molecule is O=C(NCCCO)C(c1ccccc1)N(Cc1ccccc1)C(=O)Cc1ccc(Cl)cc1. The Bertz CT molecular complexity index is 995. The Morgan fingerprint density at radius 1 is 0.875 bits per heavy atom. The van der Waals surface area contributed by atoms with Gasteiger partial charge in [-0.15, -0.1) is 0 Å². The molecular formula is C26H27ClN2O3. The van der Waals surface area contributed by atoms with Crippen LogP contribution in [0.5, 0.6) is 0 Å². The molecule has 6 heteroatoms. The fourth-order valence-electron chi connectivity index (χ4n) is 3.48. The first-order valence-corrected chi connectivity index (χ1v) is 11.0. The van der Waals surface area contributed by atoms with E-state index < -0.39 is 6.04 Å². The topological polar surface area (TPSA) is 69.6 Å². The average Bonchev–Trinajstić information content (AvgIpc) is 2.81. The lowest BCUT2D eigenvalue weighted by Gasteiger charge is -2.32. The summed E-state index contributed by atoms with van der Waals surface area (Å²) < 4.78 is 0. The highest BCUT2D eigenvalue weighted by Crippen LogP contribution is 2.25. The number of rotatable bonds is 10. The zero-order valence-electron chi connectivity index (χ0n) is 17.8. The molecule has 3 aromatic rings. The van der Waals surface area contributed by atoms with Crippen molar-refractivity contribution in [1.29, 1.82) is 0 Å². The molecule has 0 saturated heterocycles. The summed E-state index contributed by atoms with van der Waals surface area (Å²) in [4.78, 5) is 28.4. The van der Waals surface area contributed by atoms with Crippen LogP contribution in [0.3, 0.4) is 0 Å². The molecule has 32 heavy (non-hydrogen) atoms. The van der Waals surface area contributed by atoms with Gasteiger partial charge in [0.1, 0.15) is 6.04 Å². The molecule has 2 amide bonds. The van der Waals surface area contributed by atoms with Gasteiger partial charge in [0.05, 0.1) is 6.42 Å². The molecule has 0 fully saturated rings. The van der Waals surface area contributed by atoms with Crippen LogP contribution in [0.2, 0.25) is 5.02 Å². The smallest absolute Gasteiger partial charge is 0.247 e. The molecular weight excluding hydrogens is 424 g/mol. The molecule has 0 aliphatic rings. The van der Waals surface area contributed by atoms with Crippen LogP contribution < -0.4 is 5.32 Å². The van der Waals surface area contributed by atoms with Crippen LogP contribution in [0.4, 0.5) is 0 Å². The first-order chi connectivity index (χ1) is 15.6. The van der Waals surface area contributed by atoms with Gasteiger partial charge in [0.2, 0.25) is 11.8 Å². The molecule has 3 rings (SSSR count). The quantitative estimate of drug-likeness (QED) is 0.456. The van der Waals surface area contributed by atoms with E-state index >= 15 is 0 Å². The van der Waals surface area contributed by atoms with Crippen LogP contribution in [0, 0.1) is 0 Å². The lowest BCUT2D eigenvalue weighted by atomic mass is 10.0. The Morgan fingerprint density at radius 2 is 1.50 bits per heavy atom. The molecule has 0 bridgehead atoms. The van der Waals surface area contributed by atoms with Gasteiger partial charge < -0.3 is 15.3 Å². The van der Waals surface area contributed by atoms with Crippen molar-refractivity contribution in [2.24, 2.45) is 0 Å². The van der Waals surface area contributed by atoms with Gasteiger partial charge in [0, 0.05) is 24.7 Å². The molecule has 0 aliphatic carbocycles. The number of hydrogen-bond acceptors (Lipinski definition) is 3. The highest BCUT2D eigenvalue weighted by molar-refractivity contribution is 6.30. The van der Waals surface area contributed by atoms with E-state index in [0.29, 0.717) is 24.5 Å². The monoisotopic (exact) mass is 450 g/mol. The minimum absolute atomic E-state index is 0.0144. The maximum Gasteiger partial charge on any atom is 0.247 e. The number of nitrogens with zero attached hydrogens (tertiary/aromatic N) is 1. The van der Waals surface area contributed by atoms with Crippen molar-refractivity contribution >= 4 is 23.4 Å². The van der Waals surface area contributed by atoms with Crippen molar-refractivity contribution in [1.82, 2.24) is 10.2 Å². The van der Waals surface area contributed by atoms with Gasteiger partial charge in [-0.1, -0.05) is 84.4 Å². The second kappa shape index (κ2) is 12.0. The second-order valence-electron chi connectivity index (χ2n) is 7.49. The van der Waals surface area contributed by atoms with Crippen LogP contribution in [0.25, 0.3) is 0 Å². The summed E-state index contributed by atoms with van der Waals surface area (Å²) in [6.45, 7) is 0.614. The predicted molar refractivity (Wildman–Crippen MR) is 126 cm³/mol. The lowest BCUT2D eigenvalue weighted by molar-refractivity contribution is -0.141. The fraction of sp³-hybridized carbons (Fsp3) is 0.231. The first-order valence-electron chi connectivity index (χ1n) is 10.6. The summed E-state index contributed by atoms with van der Waals surface area (Å²) in [5.74, 6) is -0.438. The molecule has 1 atom stereocenters. The zero-order chi connectivity index (χ0) is 22.8. The van der Waals surface area contributed by atoms with Gasteiger partial charge in [-0.2, -0.15) is 0 Å². The summed E-state index contributed by atoms with van der Waals surface area (Å²) in [6.07, 6.45) is 0.599. The Morgan fingerprint density at radius 3 is 2.12 bits per heavy atom. The standard InChI is InChI=1S/C26H27ClN2O3/c27-23-14-12-20(13-15-23)18-24(31)29(19-21-8-3-1-4-9-21)25(22-10-5-2-6-11-22)26(32)28-16-7-17-30/h1-6,8-15,25,30H,7,16-19H2,(H,28,32). The van der Waals surface area contributed by atoms with Crippen molar-refractivity contribution in [3.8, 4) is 0 Å². The van der Waals surface area contributed by atoms with Gasteiger partial charge >= 0.3 is 0 Å². The number of carbonyl (C=O) groups is 2. The molecule has 0 radical (unpaired) electrons. The highest BCUT2D eigenvalue weighted by atomic mass is 35.5. The number of hydrogen-bond donors (Lipinski definition) is 2. The molecule has 166 valence electrons. The van der Waals surface area contributed by atoms with Crippen LogP contribution in [0.1, 0.15) is 29.2 Å². The largest absolute Gasteiger partial charge is 0.396 e. The van der Waals surface area contributed by atoms with E-state index in [1.54, 1.807) is 17.0 Å². The minimum Gasteiger partial charge on any atom is -0.396 e. The molecule has 0 saturated carbocycles. The zero-order valence-corrected chi connectivity index (χ0v) is 18.5. The molecule has 5 nitrogen and oxygen atoms in total. The van der Waals surface area contributed by atoms with Gasteiger partial charge in [0.15, 0.2) is 0 Å². The summed E-state index contributed by atoms with van der Waals surface area (Å²) in [5, 5.41) is 12.6. The third-order valence-corrected chi connectivity index (χ3v) is 5.35. The van der Waals surface area contributed by atoms with E-state index in [1.165, 1.54) is 0 Å². The molecule has 0 aromatic heterocycles. The van der Waals surface area contributed by atoms with Crippen molar-refractivity contribution in [3.63, 3.8) is 0 Å². The fourth-order valence-corrected chi connectivity index (χ4v) is 3.60. The Kier molecular flexibility index (Phi) is 8.84. The van der Waals surface area contributed by atoms with Gasteiger partial charge in [0.25, 0.3) is 0 Å². The number of amides is 2. The molecule has 0 aliphatic heterocycles. The van der Waals surface area contributed by atoms with E-state index in [-0.39, 0.29) is 24.8 Å². The summed E-state index contributed by atoms with van der Waals surface area (Å²) in [5.41, 5.74) is 2.49. The van der Waals surface area contributed by atoms with Crippen molar-refractivity contribution < 1.29 is 14.7 Å². The highest BCUT2D eigenvalue weighted by Gasteiger charge is 2.31. The number of carbonyl (C=O) groups excluding carboxylic acids is 2. The first kappa shape index (κ1) is 23.5. The molecule has 3 aromatic carbocycles. The normalized spacial score (nSPS) is 11.6. The Hall–Kier alpha value is -3.15. The van der Waals surface area contributed by atoms with Gasteiger partial charge in [-0.25, -0.2) is 0 Å². The van der Waals surface area contributed by atoms with E-state index in [0.717, 1.165) is 16.7 Å². The van der Waals surface area contributed by atoms with Crippen molar-refractivity contribution in [3.05, 3.63) is 107 Å².